The minimum Gasteiger partial charge on any atom is -0.445 e. The van der Waals surface area contributed by atoms with E-state index in [-0.39, 0.29) is 12.7 Å². The van der Waals surface area contributed by atoms with E-state index in [0.29, 0.717) is 24.5 Å². The molecule has 0 saturated carbocycles. The summed E-state index contributed by atoms with van der Waals surface area (Å²) in [5.41, 5.74) is 3.84. The molecule has 154 valence electrons. The van der Waals surface area contributed by atoms with Gasteiger partial charge in [0.25, 0.3) is 0 Å². The van der Waals surface area contributed by atoms with Gasteiger partial charge in [0.1, 0.15) is 17.6 Å². The quantitative estimate of drug-likeness (QED) is 0.644. The molecule has 1 unspecified atom stereocenters. The van der Waals surface area contributed by atoms with Gasteiger partial charge >= 0.3 is 6.09 Å². The van der Waals surface area contributed by atoms with Crippen molar-refractivity contribution in [3.8, 4) is 0 Å². The average Bonchev–Trinajstić information content (AvgIpc) is 2.69. The Hall–Kier alpha value is -2.18. The van der Waals surface area contributed by atoms with Gasteiger partial charge in [-0.05, 0) is 61.6 Å². The molecule has 5 nitrogen and oxygen atoms in total. The van der Waals surface area contributed by atoms with Crippen LogP contribution < -0.4 is 0 Å². The second kappa shape index (κ2) is 9.09. The van der Waals surface area contributed by atoms with E-state index in [1.54, 1.807) is 11.1 Å². The van der Waals surface area contributed by atoms with E-state index < -0.39 is 15.7 Å². The van der Waals surface area contributed by atoms with Gasteiger partial charge < -0.3 is 9.64 Å². The summed E-state index contributed by atoms with van der Waals surface area (Å²) in [6.45, 7) is 6.86. The predicted molar refractivity (Wildman–Crippen MR) is 118 cm³/mol. The summed E-state index contributed by atoms with van der Waals surface area (Å²) in [6.07, 6.45) is 1.95. The van der Waals surface area contributed by atoms with Crippen molar-refractivity contribution in [3.63, 3.8) is 0 Å². The van der Waals surface area contributed by atoms with Gasteiger partial charge in [-0.1, -0.05) is 41.9 Å². The van der Waals surface area contributed by atoms with E-state index in [1.807, 2.05) is 63.2 Å². The topological polar surface area (TPSA) is 59.0 Å². The molecule has 1 atom stereocenters. The highest BCUT2D eigenvalue weighted by molar-refractivity contribution is 7.85. The fourth-order valence-electron chi connectivity index (χ4n) is 3.04. The third-order valence-corrected chi connectivity index (χ3v) is 6.17. The summed E-state index contributed by atoms with van der Waals surface area (Å²) in [7, 11) is -1.34. The lowest BCUT2D eigenvalue weighted by Crippen LogP contribution is -2.36. The number of carbonyl (C=O) groups excluding carboxylic acids is 1. The Morgan fingerprint density at radius 2 is 2.00 bits per heavy atom. The number of rotatable bonds is 4. The van der Waals surface area contributed by atoms with Crippen molar-refractivity contribution in [2.24, 2.45) is 4.40 Å². The summed E-state index contributed by atoms with van der Waals surface area (Å²) in [5, 5.41) is 0.561. The Kier molecular flexibility index (Phi) is 6.75. The van der Waals surface area contributed by atoms with Crippen molar-refractivity contribution in [1.82, 2.24) is 4.90 Å². The largest absolute Gasteiger partial charge is 0.445 e. The fourth-order valence-corrected chi connectivity index (χ4v) is 3.81. The Labute approximate surface area is 179 Å². The highest BCUT2D eigenvalue weighted by Crippen LogP contribution is 2.27. The van der Waals surface area contributed by atoms with Gasteiger partial charge in [-0.2, -0.15) is 4.40 Å². The van der Waals surface area contributed by atoms with Crippen molar-refractivity contribution >= 4 is 34.9 Å². The van der Waals surface area contributed by atoms with Crippen LogP contribution >= 0.6 is 11.6 Å². The lowest BCUT2D eigenvalue weighted by molar-refractivity contribution is 0.0918. The van der Waals surface area contributed by atoms with Gasteiger partial charge in [0, 0.05) is 24.3 Å². The fraction of sp³-hybridized carbons (Fsp3) is 0.364. The van der Waals surface area contributed by atoms with E-state index in [2.05, 4.69) is 4.40 Å². The molecule has 0 bridgehead atoms. The third-order valence-electron chi connectivity index (χ3n) is 4.61. The molecular formula is C22H25ClN2O3S. The van der Waals surface area contributed by atoms with E-state index >= 15 is 0 Å². The number of hydrogen-bond acceptors (Lipinski definition) is 3. The molecule has 0 aromatic heterocycles. The zero-order valence-corrected chi connectivity index (χ0v) is 18.4. The molecule has 3 rings (SSSR count). The first-order valence-electron chi connectivity index (χ1n) is 9.47. The van der Waals surface area contributed by atoms with E-state index in [9.17, 15) is 9.00 Å². The Morgan fingerprint density at radius 3 is 2.69 bits per heavy atom. The Balaban J connectivity index is 1.71. The van der Waals surface area contributed by atoms with E-state index in [1.165, 1.54) is 0 Å². The van der Waals surface area contributed by atoms with Crippen LogP contribution in [0.2, 0.25) is 5.02 Å². The van der Waals surface area contributed by atoms with Gasteiger partial charge in [-0.25, -0.2) is 9.00 Å². The van der Waals surface area contributed by atoms with Crippen LogP contribution in [0.5, 0.6) is 0 Å². The highest BCUT2D eigenvalue weighted by Gasteiger charge is 2.24. The Bertz CT molecular complexity index is 939. The van der Waals surface area contributed by atoms with Crippen LogP contribution in [0.25, 0.3) is 0 Å². The molecule has 0 saturated heterocycles. The number of hydrogen-bond donors (Lipinski definition) is 0. The first-order valence-corrected chi connectivity index (χ1v) is 11.0. The smallest absolute Gasteiger partial charge is 0.410 e. The first-order chi connectivity index (χ1) is 13.7. The monoisotopic (exact) mass is 432 g/mol. The van der Waals surface area contributed by atoms with Gasteiger partial charge in [0.2, 0.25) is 0 Å². The molecule has 1 aliphatic heterocycles. The van der Waals surface area contributed by atoms with Crippen molar-refractivity contribution in [2.45, 2.75) is 45.1 Å². The average molecular weight is 433 g/mol. The maximum Gasteiger partial charge on any atom is 0.410 e. The molecular weight excluding hydrogens is 408 g/mol. The first kappa shape index (κ1) is 21.5. The van der Waals surface area contributed by atoms with E-state index in [4.69, 9.17) is 16.3 Å². The molecule has 2 aromatic rings. The summed E-state index contributed by atoms with van der Waals surface area (Å²) >= 11 is 6.28. The van der Waals surface area contributed by atoms with Gasteiger partial charge in [-0.15, -0.1) is 0 Å². The summed E-state index contributed by atoms with van der Waals surface area (Å²) in [6, 6.07) is 13.3. The van der Waals surface area contributed by atoms with Gasteiger partial charge in [0.05, 0.1) is 4.75 Å². The van der Waals surface area contributed by atoms with Crippen LogP contribution in [0.4, 0.5) is 4.79 Å². The molecule has 1 amide bonds. The lowest BCUT2D eigenvalue weighted by atomic mass is 9.95. The third kappa shape index (κ3) is 5.67. The number of ether oxygens (including phenoxy) is 1. The van der Waals surface area contributed by atoms with Crippen molar-refractivity contribution in [3.05, 3.63) is 69.7 Å². The second-order valence-corrected chi connectivity index (χ2v) is 10.3. The maximum atomic E-state index is 12.5. The SMILES string of the molecule is CC(C)(C)S(=O)/N=C/c1cc(Cl)cc2c1CCN(C(=O)OCc1ccccc1)C2. The molecule has 1 heterocycles. The number of benzene rings is 2. The number of nitrogens with zero attached hydrogens (tertiary/aromatic N) is 2. The van der Waals surface area contributed by atoms with Crippen molar-refractivity contribution in [1.29, 1.82) is 0 Å². The summed E-state index contributed by atoms with van der Waals surface area (Å²) < 4.78 is 21.5. The molecule has 2 aromatic carbocycles. The molecule has 1 aliphatic rings. The second-order valence-electron chi connectivity index (χ2n) is 7.94. The minimum absolute atomic E-state index is 0.245. The zero-order chi connectivity index (χ0) is 21.0. The van der Waals surface area contributed by atoms with Crippen LogP contribution in [0.15, 0.2) is 46.9 Å². The van der Waals surface area contributed by atoms with Gasteiger partial charge in [-0.3, -0.25) is 0 Å². The summed E-state index contributed by atoms with van der Waals surface area (Å²) in [5.74, 6) is 0. The van der Waals surface area contributed by atoms with Gasteiger partial charge in [0.15, 0.2) is 0 Å². The van der Waals surface area contributed by atoms with Crippen LogP contribution in [0.1, 0.15) is 43.0 Å². The van der Waals surface area contributed by atoms with Crippen molar-refractivity contribution in [2.75, 3.05) is 6.54 Å². The maximum absolute atomic E-state index is 12.5. The predicted octanol–water partition coefficient (Wildman–Crippen LogP) is 4.92. The standard InChI is InChI=1S/C22H25ClN2O3S/c1-22(2,3)29(27)24-13-17-11-19(23)12-18-14-25(10-9-20(17)18)21(26)28-15-16-7-5-4-6-8-16/h4-8,11-13H,9-10,14-15H2,1-3H3/b24-13+. The molecule has 7 heteroatoms. The molecule has 0 N–H and O–H groups in total. The molecule has 0 radical (unpaired) electrons. The molecule has 29 heavy (non-hydrogen) atoms. The molecule has 0 spiro atoms. The van der Waals surface area contributed by atoms with Crippen LogP contribution in [0, 0.1) is 0 Å². The highest BCUT2D eigenvalue weighted by atomic mass is 35.5. The number of halogens is 1. The zero-order valence-electron chi connectivity index (χ0n) is 16.9. The van der Waals surface area contributed by atoms with Crippen LogP contribution in [0.3, 0.4) is 0 Å². The van der Waals surface area contributed by atoms with E-state index in [0.717, 1.165) is 22.3 Å². The Morgan fingerprint density at radius 1 is 1.28 bits per heavy atom. The molecule has 0 fully saturated rings. The number of fused-ring (bicyclic) bond motifs is 1. The van der Waals surface area contributed by atoms with Crippen LogP contribution in [-0.4, -0.2) is 32.7 Å². The van der Waals surface area contributed by atoms with Crippen molar-refractivity contribution < 1.29 is 13.7 Å². The normalized spacial score (nSPS) is 15.2. The summed E-state index contributed by atoms with van der Waals surface area (Å²) in [4.78, 5) is 14.2. The minimum atomic E-state index is -1.34. The van der Waals surface area contributed by atoms with Crippen LogP contribution in [-0.2, 0) is 35.3 Å². The number of carbonyl (C=O) groups is 1. The number of amides is 1. The molecule has 0 aliphatic carbocycles. The lowest BCUT2D eigenvalue weighted by Gasteiger charge is -2.29.